The van der Waals surface area contributed by atoms with E-state index < -0.39 is 10.0 Å². The van der Waals surface area contributed by atoms with Crippen molar-refractivity contribution in [3.05, 3.63) is 41.7 Å². The number of aromatic nitrogens is 3. The maximum atomic E-state index is 13.3. The second-order valence-corrected chi connectivity index (χ2v) is 10.6. The van der Waals surface area contributed by atoms with Gasteiger partial charge in [-0.1, -0.05) is 38.1 Å². The third kappa shape index (κ3) is 3.12. The molecule has 0 spiro atoms. The highest BCUT2D eigenvalue weighted by Crippen LogP contribution is 2.44. The lowest BCUT2D eigenvalue weighted by atomic mass is 9.93. The van der Waals surface area contributed by atoms with E-state index in [1.165, 1.54) is 6.07 Å². The van der Waals surface area contributed by atoms with Crippen molar-refractivity contribution in [1.29, 1.82) is 5.26 Å². The van der Waals surface area contributed by atoms with Crippen molar-refractivity contribution in [3.63, 3.8) is 0 Å². The van der Waals surface area contributed by atoms with Crippen LogP contribution in [0.4, 0.5) is 0 Å². The van der Waals surface area contributed by atoms with Gasteiger partial charge in [-0.2, -0.15) is 9.57 Å². The van der Waals surface area contributed by atoms with E-state index in [-0.39, 0.29) is 34.0 Å². The minimum Gasteiger partial charge on any atom is -0.249 e. The van der Waals surface area contributed by atoms with Gasteiger partial charge in [0.05, 0.1) is 22.2 Å². The molecule has 0 aliphatic carbocycles. The zero-order valence-corrected chi connectivity index (χ0v) is 17.2. The molecule has 0 N–H and O–H groups in total. The number of hydrogen-bond acceptors (Lipinski definition) is 5. The van der Waals surface area contributed by atoms with Crippen LogP contribution in [0.15, 0.2) is 35.4 Å². The van der Waals surface area contributed by atoms with Crippen LogP contribution >= 0.6 is 0 Å². The first-order chi connectivity index (χ1) is 13.2. The molecule has 28 heavy (non-hydrogen) atoms. The summed E-state index contributed by atoms with van der Waals surface area (Å²) in [7, 11) is -3.70. The van der Waals surface area contributed by atoms with Crippen LogP contribution in [0.2, 0.25) is 0 Å². The second-order valence-electron chi connectivity index (χ2n) is 8.79. The number of piperidine rings is 1. The van der Waals surface area contributed by atoms with Gasteiger partial charge in [0.15, 0.2) is 0 Å². The second kappa shape index (κ2) is 6.68. The minimum atomic E-state index is -3.70. The normalized spacial score (nSPS) is 25.6. The van der Waals surface area contributed by atoms with Crippen LogP contribution in [0, 0.1) is 11.3 Å². The molecule has 148 valence electrons. The third-order valence-electron chi connectivity index (χ3n) is 5.86. The van der Waals surface area contributed by atoms with Crippen molar-refractivity contribution in [2.45, 2.75) is 74.9 Å². The number of benzene rings is 1. The Morgan fingerprint density at radius 1 is 1.11 bits per heavy atom. The summed E-state index contributed by atoms with van der Waals surface area (Å²) < 4.78 is 30.3. The molecule has 2 aliphatic heterocycles. The average Bonchev–Trinajstić information content (AvgIpc) is 3.25. The first-order valence-corrected chi connectivity index (χ1v) is 11.1. The standard InChI is InChI=1S/C20H25N5O2S/c1-20(2,3)19-13-24(23-22-19)17-10-15-8-9-16(11-17)25(15)28(26,27)18-7-5-4-6-14(18)12-21/h4-7,13,15-17H,8-11H2,1-3H3. The van der Waals surface area contributed by atoms with E-state index in [9.17, 15) is 13.7 Å². The summed E-state index contributed by atoms with van der Waals surface area (Å²) >= 11 is 0. The van der Waals surface area contributed by atoms with Crippen molar-refractivity contribution in [3.8, 4) is 6.07 Å². The molecule has 0 saturated carbocycles. The van der Waals surface area contributed by atoms with E-state index in [0.29, 0.717) is 0 Å². The number of fused-ring (bicyclic) bond motifs is 2. The highest BCUT2D eigenvalue weighted by molar-refractivity contribution is 7.89. The maximum absolute atomic E-state index is 13.3. The lowest BCUT2D eigenvalue weighted by Crippen LogP contribution is -2.47. The van der Waals surface area contributed by atoms with Crippen LogP contribution in [0.25, 0.3) is 0 Å². The zero-order chi connectivity index (χ0) is 20.1. The third-order valence-corrected chi connectivity index (χ3v) is 7.92. The summed E-state index contributed by atoms with van der Waals surface area (Å²) in [6.45, 7) is 6.31. The molecule has 1 aromatic heterocycles. The molecule has 3 heterocycles. The molecule has 0 radical (unpaired) electrons. The Bertz CT molecular complexity index is 1020. The van der Waals surface area contributed by atoms with Gasteiger partial charge in [-0.3, -0.25) is 0 Å². The van der Waals surface area contributed by atoms with E-state index in [0.717, 1.165) is 31.4 Å². The summed E-state index contributed by atoms with van der Waals surface area (Å²) in [5.41, 5.74) is 1.08. The summed E-state index contributed by atoms with van der Waals surface area (Å²) in [6, 6.07) is 8.49. The van der Waals surface area contributed by atoms with Gasteiger partial charge in [-0.05, 0) is 37.8 Å². The van der Waals surface area contributed by atoms with Crippen molar-refractivity contribution < 1.29 is 8.42 Å². The molecule has 2 atom stereocenters. The lowest BCUT2D eigenvalue weighted by molar-refractivity contribution is 0.183. The summed E-state index contributed by atoms with van der Waals surface area (Å²) in [5.74, 6) is 0. The van der Waals surface area contributed by atoms with Gasteiger partial charge in [0, 0.05) is 23.7 Å². The van der Waals surface area contributed by atoms with Crippen LogP contribution in [-0.4, -0.2) is 39.8 Å². The number of nitriles is 1. The molecule has 2 aromatic rings. The fourth-order valence-corrected chi connectivity index (χ4v) is 6.45. The molecule has 7 nitrogen and oxygen atoms in total. The fourth-order valence-electron chi connectivity index (χ4n) is 4.41. The van der Waals surface area contributed by atoms with Gasteiger partial charge in [0.1, 0.15) is 6.07 Å². The van der Waals surface area contributed by atoms with E-state index in [1.807, 2.05) is 16.9 Å². The summed E-state index contributed by atoms with van der Waals surface area (Å²) in [5, 5.41) is 18.0. The summed E-state index contributed by atoms with van der Waals surface area (Å²) in [4.78, 5) is 0.114. The molecule has 8 heteroatoms. The Labute approximate surface area is 166 Å². The first kappa shape index (κ1) is 19.1. The van der Waals surface area contributed by atoms with Gasteiger partial charge < -0.3 is 0 Å². The Morgan fingerprint density at radius 3 is 2.32 bits per heavy atom. The van der Waals surface area contributed by atoms with Crippen LogP contribution in [0.3, 0.4) is 0 Å². The van der Waals surface area contributed by atoms with Crippen LogP contribution in [0.1, 0.15) is 63.8 Å². The smallest absolute Gasteiger partial charge is 0.244 e. The first-order valence-electron chi connectivity index (χ1n) is 9.67. The zero-order valence-electron chi connectivity index (χ0n) is 16.4. The molecular weight excluding hydrogens is 374 g/mol. The number of hydrogen-bond donors (Lipinski definition) is 0. The molecular formula is C20H25N5O2S. The van der Waals surface area contributed by atoms with Gasteiger partial charge >= 0.3 is 0 Å². The van der Waals surface area contributed by atoms with Crippen LogP contribution < -0.4 is 0 Å². The highest BCUT2D eigenvalue weighted by atomic mass is 32.2. The van der Waals surface area contributed by atoms with E-state index in [1.54, 1.807) is 22.5 Å². The maximum Gasteiger partial charge on any atom is 0.244 e. The Kier molecular flexibility index (Phi) is 4.55. The van der Waals surface area contributed by atoms with Gasteiger partial charge in [-0.15, -0.1) is 5.10 Å². The number of rotatable bonds is 3. The average molecular weight is 400 g/mol. The monoisotopic (exact) mass is 399 g/mol. The molecule has 2 unspecified atom stereocenters. The predicted octanol–water partition coefficient (Wildman–Crippen LogP) is 3.00. The largest absolute Gasteiger partial charge is 0.249 e. The summed E-state index contributed by atoms with van der Waals surface area (Å²) in [6.07, 6.45) is 5.12. The van der Waals surface area contributed by atoms with Gasteiger partial charge in [0.25, 0.3) is 0 Å². The van der Waals surface area contributed by atoms with E-state index in [2.05, 4.69) is 31.1 Å². The quantitative estimate of drug-likeness (QED) is 0.791. The molecule has 2 bridgehead atoms. The van der Waals surface area contributed by atoms with Gasteiger partial charge in [0.2, 0.25) is 10.0 Å². The topological polar surface area (TPSA) is 91.9 Å². The molecule has 2 fully saturated rings. The van der Waals surface area contributed by atoms with Crippen LogP contribution in [-0.2, 0) is 15.4 Å². The van der Waals surface area contributed by atoms with Crippen LogP contribution in [0.5, 0.6) is 0 Å². The Balaban J connectivity index is 1.61. The molecule has 4 rings (SSSR count). The number of nitrogens with zero attached hydrogens (tertiary/aromatic N) is 5. The van der Waals surface area contributed by atoms with Gasteiger partial charge in [-0.25, -0.2) is 13.1 Å². The van der Waals surface area contributed by atoms with Crippen molar-refractivity contribution in [2.75, 3.05) is 0 Å². The molecule has 2 aliphatic rings. The predicted molar refractivity (Wildman–Crippen MR) is 104 cm³/mol. The Hall–Kier alpha value is -2.24. The molecule has 0 amide bonds. The molecule has 2 saturated heterocycles. The van der Waals surface area contributed by atoms with Crippen molar-refractivity contribution in [2.24, 2.45) is 0 Å². The van der Waals surface area contributed by atoms with Crippen molar-refractivity contribution in [1.82, 2.24) is 19.3 Å². The Morgan fingerprint density at radius 2 is 1.75 bits per heavy atom. The highest BCUT2D eigenvalue weighted by Gasteiger charge is 2.48. The minimum absolute atomic E-state index is 0.0669. The fraction of sp³-hybridized carbons (Fsp3) is 0.550. The van der Waals surface area contributed by atoms with E-state index >= 15 is 0 Å². The molecule has 1 aromatic carbocycles. The number of sulfonamides is 1. The van der Waals surface area contributed by atoms with E-state index in [4.69, 9.17) is 0 Å². The SMILES string of the molecule is CC(C)(C)c1cn(C2CC3CCC(C2)N3S(=O)(=O)c2ccccc2C#N)nn1. The van der Waals surface area contributed by atoms with Crippen molar-refractivity contribution >= 4 is 10.0 Å². The lowest BCUT2D eigenvalue weighted by Gasteiger charge is -2.37.